The van der Waals surface area contributed by atoms with E-state index in [9.17, 15) is 19.8 Å². The van der Waals surface area contributed by atoms with E-state index in [1.807, 2.05) is 20.8 Å². The molecule has 116 valence electrons. The van der Waals surface area contributed by atoms with Crippen molar-refractivity contribution in [1.82, 2.24) is 0 Å². The monoisotopic (exact) mass is 284 g/mol. The molecule has 0 saturated heterocycles. The van der Waals surface area contributed by atoms with E-state index >= 15 is 0 Å². The summed E-state index contributed by atoms with van der Waals surface area (Å²) in [5.74, 6) is -3.19. The summed E-state index contributed by atoms with van der Waals surface area (Å²) in [5, 5.41) is 19.2. The number of aliphatic carboxylic acids is 2. The maximum Gasteiger partial charge on any atom is 0.307 e. The van der Waals surface area contributed by atoms with Crippen LogP contribution < -0.4 is 0 Å². The first-order valence-corrected chi connectivity index (χ1v) is 7.33. The van der Waals surface area contributed by atoms with E-state index in [1.165, 1.54) is 0 Å². The molecule has 1 aliphatic rings. The van der Waals surface area contributed by atoms with Crippen LogP contribution >= 0.6 is 0 Å². The summed E-state index contributed by atoms with van der Waals surface area (Å²) in [7, 11) is 0. The van der Waals surface area contributed by atoms with Gasteiger partial charge in [-0.3, -0.25) is 9.59 Å². The van der Waals surface area contributed by atoms with E-state index in [-0.39, 0.29) is 22.7 Å². The van der Waals surface area contributed by atoms with Gasteiger partial charge in [-0.15, -0.1) is 0 Å². The molecule has 4 heteroatoms. The Morgan fingerprint density at radius 1 is 0.850 bits per heavy atom. The highest BCUT2D eigenvalue weighted by molar-refractivity contribution is 5.75. The molecule has 0 spiro atoms. The molecule has 0 aliphatic heterocycles. The van der Waals surface area contributed by atoms with Gasteiger partial charge in [-0.1, -0.05) is 41.5 Å². The van der Waals surface area contributed by atoms with Crippen molar-refractivity contribution in [2.24, 2.45) is 34.5 Å². The highest BCUT2D eigenvalue weighted by Gasteiger charge is 2.53. The molecule has 4 unspecified atom stereocenters. The largest absolute Gasteiger partial charge is 0.481 e. The van der Waals surface area contributed by atoms with Crippen LogP contribution in [0.25, 0.3) is 0 Å². The number of carboxylic acid groups (broad SMARTS) is 2. The Balaban J connectivity index is 3.30. The van der Waals surface area contributed by atoms with Gasteiger partial charge in [0.05, 0.1) is 11.8 Å². The minimum Gasteiger partial charge on any atom is -0.481 e. The molecule has 20 heavy (non-hydrogen) atoms. The molecular formula is C16H28O4. The van der Waals surface area contributed by atoms with Gasteiger partial charge < -0.3 is 10.2 Å². The van der Waals surface area contributed by atoms with E-state index < -0.39 is 23.8 Å². The highest BCUT2D eigenvalue weighted by atomic mass is 16.4. The lowest BCUT2D eigenvalue weighted by Gasteiger charge is -2.49. The van der Waals surface area contributed by atoms with Gasteiger partial charge in [-0.05, 0) is 35.5 Å². The van der Waals surface area contributed by atoms with Crippen molar-refractivity contribution in [3.63, 3.8) is 0 Å². The van der Waals surface area contributed by atoms with E-state index in [0.29, 0.717) is 12.8 Å². The molecule has 0 aromatic rings. The van der Waals surface area contributed by atoms with Crippen molar-refractivity contribution in [3.8, 4) is 0 Å². The van der Waals surface area contributed by atoms with E-state index in [4.69, 9.17) is 0 Å². The van der Waals surface area contributed by atoms with E-state index in [1.54, 1.807) is 0 Å². The van der Waals surface area contributed by atoms with Gasteiger partial charge in [0.25, 0.3) is 0 Å². The van der Waals surface area contributed by atoms with Gasteiger partial charge in [-0.25, -0.2) is 0 Å². The van der Waals surface area contributed by atoms with Crippen LogP contribution in [-0.4, -0.2) is 22.2 Å². The van der Waals surface area contributed by atoms with Gasteiger partial charge in [0.15, 0.2) is 0 Å². The first-order valence-electron chi connectivity index (χ1n) is 7.33. The molecule has 0 radical (unpaired) electrons. The van der Waals surface area contributed by atoms with Crippen LogP contribution in [0.15, 0.2) is 0 Å². The molecule has 1 fully saturated rings. The molecule has 0 heterocycles. The molecule has 0 aromatic carbocycles. The average Bonchev–Trinajstić information content (AvgIpc) is 2.24. The average molecular weight is 284 g/mol. The molecule has 0 bridgehead atoms. The number of rotatable bonds is 2. The Morgan fingerprint density at radius 2 is 1.35 bits per heavy atom. The van der Waals surface area contributed by atoms with Crippen molar-refractivity contribution in [2.45, 2.75) is 54.4 Å². The summed E-state index contributed by atoms with van der Waals surface area (Å²) >= 11 is 0. The zero-order valence-corrected chi connectivity index (χ0v) is 13.4. The SMILES string of the molecule is CC(C)(C)C1CCC(C(=O)O)C(C(C)(C)C)C1C(=O)O. The Morgan fingerprint density at radius 3 is 1.65 bits per heavy atom. The standard InChI is InChI=1S/C16H28O4/c1-15(2,3)10-8-7-9(13(17)18)12(16(4,5)6)11(10)14(19)20/h9-12H,7-8H2,1-6H3,(H,17,18)(H,19,20). The van der Waals surface area contributed by atoms with Crippen molar-refractivity contribution in [3.05, 3.63) is 0 Å². The Kier molecular flexibility index (Phi) is 4.57. The predicted octanol–water partition coefficient (Wildman–Crippen LogP) is 3.51. The zero-order valence-electron chi connectivity index (χ0n) is 13.4. The summed E-state index contributed by atoms with van der Waals surface area (Å²) in [6.45, 7) is 12.0. The van der Waals surface area contributed by atoms with Gasteiger partial charge in [0, 0.05) is 0 Å². The van der Waals surface area contributed by atoms with Crippen LogP contribution in [0.4, 0.5) is 0 Å². The smallest absolute Gasteiger partial charge is 0.307 e. The van der Waals surface area contributed by atoms with Gasteiger partial charge in [0.1, 0.15) is 0 Å². The molecule has 1 saturated carbocycles. The topological polar surface area (TPSA) is 74.6 Å². The van der Waals surface area contributed by atoms with Crippen LogP contribution in [0, 0.1) is 34.5 Å². The second-order valence-electron chi connectivity index (χ2n) is 8.25. The predicted molar refractivity (Wildman–Crippen MR) is 77.4 cm³/mol. The molecule has 1 rings (SSSR count). The van der Waals surface area contributed by atoms with Crippen molar-refractivity contribution in [2.75, 3.05) is 0 Å². The number of hydrogen-bond acceptors (Lipinski definition) is 2. The fourth-order valence-electron chi connectivity index (χ4n) is 3.94. The minimum atomic E-state index is -0.858. The van der Waals surface area contributed by atoms with Crippen LogP contribution in [0.5, 0.6) is 0 Å². The van der Waals surface area contributed by atoms with Gasteiger partial charge in [-0.2, -0.15) is 0 Å². The number of hydrogen-bond donors (Lipinski definition) is 2. The Bertz CT molecular complexity index is 386. The van der Waals surface area contributed by atoms with Crippen molar-refractivity contribution >= 4 is 11.9 Å². The first kappa shape index (κ1) is 17.0. The molecule has 4 atom stereocenters. The van der Waals surface area contributed by atoms with Crippen molar-refractivity contribution in [1.29, 1.82) is 0 Å². The quantitative estimate of drug-likeness (QED) is 0.813. The molecule has 0 aromatic heterocycles. The lowest BCUT2D eigenvalue weighted by Crippen LogP contribution is -2.50. The fraction of sp³-hybridized carbons (Fsp3) is 0.875. The van der Waals surface area contributed by atoms with Gasteiger partial charge >= 0.3 is 11.9 Å². The molecule has 1 aliphatic carbocycles. The lowest BCUT2D eigenvalue weighted by atomic mass is 9.53. The van der Waals surface area contributed by atoms with Crippen LogP contribution in [0.1, 0.15) is 54.4 Å². The summed E-state index contributed by atoms with van der Waals surface area (Å²) < 4.78 is 0. The fourth-order valence-corrected chi connectivity index (χ4v) is 3.94. The van der Waals surface area contributed by atoms with E-state index in [2.05, 4.69) is 20.8 Å². The summed E-state index contributed by atoms with van der Waals surface area (Å²) in [6.07, 6.45) is 1.24. The Hall–Kier alpha value is -1.06. The number of carbonyl (C=O) groups is 2. The second kappa shape index (κ2) is 5.38. The maximum atomic E-state index is 11.8. The molecule has 2 N–H and O–H groups in total. The molecule has 4 nitrogen and oxygen atoms in total. The highest BCUT2D eigenvalue weighted by Crippen LogP contribution is 2.52. The maximum absolute atomic E-state index is 11.8. The third-order valence-corrected chi connectivity index (χ3v) is 4.76. The summed E-state index contributed by atoms with van der Waals surface area (Å²) in [4.78, 5) is 23.4. The second-order valence-corrected chi connectivity index (χ2v) is 8.25. The third kappa shape index (κ3) is 3.33. The third-order valence-electron chi connectivity index (χ3n) is 4.76. The summed E-state index contributed by atoms with van der Waals surface area (Å²) in [6, 6.07) is 0. The van der Waals surface area contributed by atoms with Crippen LogP contribution in [0.3, 0.4) is 0 Å². The van der Waals surface area contributed by atoms with E-state index in [0.717, 1.165) is 0 Å². The molecule has 0 amide bonds. The van der Waals surface area contributed by atoms with Crippen LogP contribution in [-0.2, 0) is 9.59 Å². The normalized spacial score (nSPS) is 31.9. The van der Waals surface area contributed by atoms with Crippen molar-refractivity contribution < 1.29 is 19.8 Å². The lowest BCUT2D eigenvalue weighted by molar-refractivity contribution is -0.164. The Labute approximate surface area is 121 Å². The summed E-state index contributed by atoms with van der Waals surface area (Å²) in [5.41, 5.74) is -0.466. The molecular weight excluding hydrogens is 256 g/mol. The van der Waals surface area contributed by atoms with Crippen LogP contribution in [0.2, 0.25) is 0 Å². The number of carboxylic acids is 2. The minimum absolute atomic E-state index is 0.0137. The first-order chi connectivity index (χ1) is 8.87. The van der Waals surface area contributed by atoms with Gasteiger partial charge in [0.2, 0.25) is 0 Å². The zero-order chi connectivity index (χ0) is 15.9.